The van der Waals surface area contributed by atoms with Crippen molar-refractivity contribution in [3.8, 4) is 0 Å². The van der Waals surface area contributed by atoms with Crippen LogP contribution in [-0.2, 0) is 47.5 Å². The second-order valence-corrected chi connectivity index (χ2v) is 24.3. The van der Waals surface area contributed by atoms with Gasteiger partial charge in [0, 0.05) is 13.3 Å². The minimum atomic E-state index is -2.08. The van der Waals surface area contributed by atoms with Gasteiger partial charge in [0.25, 0.3) is 0 Å². The third-order valence-electron chi connectivity index (χ3n) is 17.1. The first kappa shape index (κ1) is 80.0. The molecule has 4 saturated heterocycles. The molecule has 0 aliphatic carbocycles. The fraction of sp³-hybridized carbons (Fsp3) is 0.935. The average Bonchev–Trinajstić information content (AvgIpc) is 0.877. The summed E-state index contributed by atoms with van der Waals surface area (Å²) in [6.07, 6.45) is 0.419. The lowest BCUT2D eigenvalue weighted by atomic mass is 9.94. The highest BCUT2D eigenvalue weighted by molar-refractivity contribution is 5.76. The zero-order valence-electron chi connectivity index (χ0n) is 52.8. The zero-order chi connectivity index (χ0) is 63.7. The Morgan fingerprint density at radius 2 is 0.818 bits per heavy atom. The maximum atomic E-state index is 13.4. The Morgan fingerprint density at radius 3 is 1.26 bits per heavy atom. The predicted octanol–water partition coefficient (Wildman–Crippen LogP) is 1.95. The van der Waals surface area contributed by atoms with Crippen LogP contribution in [0.5, 0.6) is 0 Å². The first-order chi connectivity index (χ1) is 42.0. The van der Waals surface area contributed by atoms with Gasteiger partial charge >= 0.3 is 0 Å². The summed E-state index contributed by atoms with van der Waals surface area (Å²) in [5.74, 6) is -1.05. The number of ether oxygens (including phenoxy) is 8. The van der Waals surface area contributed by atoms with Gasteiger partial charge in [-0.1, -0.05) is 180 Å². The van der Waals surface area contributed by atoms with E-state index in [2.05, 4.69) is 24.5 Å². The van der Waals surface area contributed by atoms with Crippen molar-refractivity contribution >= 4 is 11.8 Å². The lowest BCUT2D eigenvalue weighted by Gasteiger charge is -2.50. The van der Waals surface area contributed by atoms with Crippen LogP contribution >= 0.6 is 0 Å². The highest BCUT2D eigenvalue weighted by atomic mass is 16.8. The van der Waals surface area contributed by atoms with Crippen LogP contribution in [0.15, 0.2) is 12.2 Å². The van der Waals surface area contributed by atoms with Gasteiger partial charge in [-0.25, -0.2) is 0 Å². The van der Waals surface area contributed by atoms with Crippen LogP contribution in [0, 0.1) is 0 Å². The molecule has 22 atom stereocenters. The molecular formula is C62H117N3O23. The molecule has 26 heteroatoms. The lowest BCUT2D eigenvalue weighted by Crippen LogP contribution is -2.69. The van der Waals surface area contributed by atoms with Crippen LogP contribution < -0.4 is 16.8 Å². The number of hydrogen-bond acceptors (Lipinski definition) is 24. The van der Waals surface area contributed by atoms with Gasteiger partial charge < -0.3 is 121 Å². The van der Waals surface area contributed by atoms with E-state index in [4.69, 9.17) is 37.9 Å². The smallest absolute Gasteiger partial charge is 0.220 e. The monoisotopic (exact) mass is 1270 g/mol. The van der Waals surface area contributed by atoms with E-state index in [1.165, 1.54) is 116 Å². The van der Waals surface area contributed by atoms with E-state index in [1.54, 1.807) is 6.08 Å². The van der Waals surface area contributed by atoms with Crippen molar-refractivity contribution in [2.45, 2.75) is 335 Å². The van der Waals surface area contributed by atoms with Gasteiger partial charge in [-0.05, 0) is 19.3 Å². The fourth-order valence-corrected chi connectivity index (χ4v) is 11.7. The van der Waals surface area contributed by atoms with Gasteiger partial charge in [-0.15, -0.1) is 0 Å². The maximum Gasteiger partial charge on any atom is 0.220 e. The molecule has 88 heavy (non-hydrogen) atoms. The molecule has 26 nitrogen and oxygen atoms in total. The molecule has 0 saturated carbocycles. The van der Waals surface area contributed by atoms with Crippen LogP contribution in [0.2, 0.25) is 0 Å². The number of allylic oxidation sites excluding steroid dienone is 1. The number of aliphatic hydroxyl groups is 13. The number of nitrogens with one attached hydrogen (secondary N) is 2. The summed E-state index contributed by atoms with van der Waals surface area (Å²) < 4.78 is 46.6. The highest BCUT2D eigenvalue weighted by Gasteiger charge is 2.56. The van der Waals surface area contributed by atoms with Crippen molar-refractivity contribution in [1.29, 1.82) is 0 Å². The molecule has 4 rings (SSSR count). The van der Waals surface area contributed by atoms with E-state index in [0.29, 0.717) is 12.8 Å². The van der Waals surface area contributed by atoms with E-state index >= 15 is 0 Å². The number of aliphatic hydroxyl groups excluding tert-OH is 13. The summed E-state index contributed by atoms with van der Waals surface area (Å²) in [4.78, 5) is 25.8. The molecule has 518 valence electrons. The first-order valence-electron chi connectivity index (χ1n) is 32.9. The number of rotatable bonds is 45. The lowest BCUT2D eigenvalue weighted by molar-refractivity contribution is -0.380. The number of carbonyl (C=O) groups is 2. The van der Waals surface area contributed by atoms with E-state index in [9.17, 15) is 76.0 Å². The Balaban J connectivity index is 0.0000202. The van der Waals surface area contributed by atoms with E-state index < -0.39 is 174 Å². The SMILES string of the molecule is CCCCCCCCCCCCCC=CC(O)C(COC1OC(CO)C(OC2OC(CO)C(OC3OC(CO)C(OC4OC(CO)C(O)C(O)C4O)C(O)C3NC(C)=O)C(O)C2O)C(O)C1O)NC(=O)CCCCCCCCCCCCCCCCC.N. The third-order valence-corrected chi connectivity index (χ3v) is 17.1. The molecule has 18 N–H and O–H groups in total. The van der Waals surface area contributed by atoms with Crippen molar-refractivity contribution in [1.82, 2.24) is 16.8 Å². The Bertz CT molecular complexity index is 1830. The van der Waals surface area contributed by atoms with Gasteiger partial charge in [-0.3, -0.25) is 9.59 Å². The van der Waals surface area contributed by atoms with Gasteiger partial charge in [-0.2, -0.15) is 0 Å². The van der Waals surface area contributed by atoms with Crippen molar-refractivity contribution in [3.63, 3.8) is 0 Å². The normalized spacial score (nSPS) is 33.5. The number of carbonyl (C=O) groups excluding carboxylic acids is 2. The number of amides is 2. The van der Waals surface area contributed by atoms with Gasteiger partial charge in [0.2, 0.25) is 11.8 Å². The topological polar surface area (TPSA) is 430 Å². The van der Waals surface area contributed by atoms with Crippen LogP contribution in [0.4, 0.5) is 0 Å². The molecule has 0 aromatic heterocycles. The average molecular weight is 1270 g/mol. The summed E-state index contributed by atoms with van der Waals surface area (Å²) in [5, 5.41) is 146. The molecule has 4 aliphatic heterocycles. The highest BCUT2D eigenvalue weighted by Crippen LogP contribution is 2.35. The molecule has 0 spiro atoms. The minimum Gasteiger partial charge on any atom is -0.394 e. The Morgan fingerprint density at radius 1 is 0.455 bits per heavy atom. The largest absolute Gasteiger partial charge is 0.394 e. The van der Waals surface area contributed by atoms with E-state index in [0.717, 1.165) is 51.9 Å². The molecule has 0 aromatic carbocycles. The van der Waals surface area contributed by atoms with Gasteiger partial charge in [0.15, 0.2) is 25.2 Å². The second kappa shape index (κ2) is 45.2. The standard InChI is InChI=1S/C62H114N2O23.H3N/c1-4-6-8-10-12-14-16-18-19-21-23-25-27-29-31-33-46(71)64-40(41(70)32-30-28-26-24-22-20-17-15-13-11-9-7-5-2)38-80-60-54(78)51(75)58(44(36-67)83-60)87-62-55(79)52(76)57(45(37-68)84-62)85-59-47(63-39(3)69)49(73)56(43(35-66)82-59)86-61-53(77)50(74)48(72)42(34-65)81-61;/h30,32,40-45,47-62,65-68,70,72-79H,4-29,31,33-38H2,1-3H3,(H,63,69)(H,64,71);1H3. The first-order valence-corrected chi connectivity index (χ1v) is 32.9. The Hall–Kier alpha value is -2.20. The molecule has 4 aliphatic rings. The molecular weight excluding hydrogens is 1150 g/mol. The summed E-state index contributed by atoms with van der Waals surface area (Å²) in [6.45, 7) is 1.63. The number of hydrogen-bond donors (Lipinski definition) is 16. The third kappa shape index (κ3) is 26.7. The van der Waals surface area contributed by atoms with Crippen molar-refractivity contribution < 1.29 is 114 Å². The molecule has 0 aromatic rings. The van der Waals surface area contributed by atoms with E-state index in [-0.39, 0.29) is 18.5 Å². The molecule has 22 unspecified atom stereocenters. The zero-order valence-corrected chi connectivity index (χ0v) is 52.8. The second-order valence-electron chi connectivity index (χ2n) is 24.3. The number of unbranched alkanes of at least 4 members (excludes halogenated alkanes) is 25. The molecule has 2 amide bonds. The summed E-state index contributed by atoms with van der Waals surface area (Å²) >= 11 is 0. The predicted molar refractivity (Wildman–Crippen MR) is 322 cm³/mol. The molecule has 4 fully saturated rings. The molecule has 0 bridgehead atoms. The Kier molecular flexibility index (Phi) is 41.1. The van der Waals surface area contributed by atoms with Crippen LogP contribution in [0.1, 0.15) is 201 Å². The summed E-state index contributed by atoms with van der Waals surface area (Å²) in [7, 11) is 0. The molecule has 0 radical (unpaired) electrons. The van der Waals surface area contributed by atoms with Gasteiger partial charge in [0.05, 0.1) is 45.2 Å². The van der Waals surface area contributed by atoms with Gasteiger partial charge in [0.1, 0.15) is 97.6 Å². The summed E-state index contributed by atoms with van der Waals surface area (Å²) in [6, 6.07) is -2.63. The fourth-order valence-electron chi connectivity index (χ4n) is 11.7. The van der Waals surface area contributed by atoms with Crippen molar-refractivity contribution in [3.05, 3.63) is 12.2 Å². The van der Waals surface area contributed by atoms with Crippen LogP contribution in [0.3, 0.4) is 0 Å². The van der Waals surface area contributed by atoms with Crippen molar-refractivity contribution in [2.24, 2.45) is 0 Å². The maximum absolute atomic E-state index is 13.4. The van der Waals surface area contributed by atoms with Crippen LogP contribution in [0.25, 0.3) is 0 Å². The Labute approximate surface area is 521 Å². The van der Waals surface area contributed by atoms with E-state index in [1.807, 2.05) is 6.08 Å². The van der Waals surface area contributed by atoms with Crippen LogP contribution in [-0.4, -0.2) is 246 Å². The summed E-state index contributed by atoms with van der Waals surface area (Å²) in [5.41, 5.74) is 0. The minimum absolute atomic E-state index is 0. The molecule has 4 heterocycles. The van der Waals surface area contributed by atoms with Crippen molar-refractivity contribution in [2.75, 3.05) is 33.0 Å². The quantitative estimate of drug-likeness (QED) is 0.0306.